The number of anilines is 1. The number of hydrogen-bond acceptors (Lipinski definition) is 9. The van der Waals surface area contributed by atoms with E-state index in [-0.39, 0.29) is 29.7 Å². The number of benzene rings is 1. The third kappa shape index (κ3) is 5.36. The van der Waals surface area contributed by atoms with Gasteiger partial charge >= 0.3 is 6.01 Å². The van der Waals surface area contributed by atoms with Crippen LogP contribution < -0.4 is 9.64 Å². The molecule has 3 fully saturated rings. The van der Waals surface area contributed by atoms with Crippen LogP contribution in [0.15, 0.2) is 18.5 Å². The summed E-state index contributed by atoms with van der Waals surface area (Å²) in [5.74, 6) is -0.0368. The lowest BCUT2D eigenvalue weighted by Crippen LogP contribution is -2.43. The van der Waals surface area contributed by atoms with Crippen LogP contribution in [0.2, 0.25) is 5.02 Å². The molecule has 244 valence electrons. The number of H-pyrrole nitrogens is 1. The molecule has 0 amide bonds. The van der Waals surface area contributed by atoms with Gasteiger partial charge < -0.3 is 19.5 Å². The Hall–Kier alpha value is -3.19. The highest BCUT2D eigenvalue weighted by Gasteiger charge is 2.49. The fourth-order valence-electron chi connectivity index (χ4n) is 8.17. The van der Waals surface area contributed by atoms with Crippen molar-refractivity contribution >= 4 is 39.2 Å². The van der Waals surface area contributed by atoms with Crippen molar-refractivity contribution in [1.29, 1.82) is 0 Å². The zero-order chi connectivity index (χ0) is 31.4. The molecule has 13 heteroatoms. The van der Waals surface area contributed by atoms with E-state index in [1.54, 1.807) is 12.4 Å². The maximum absolute atomic E-state index is 17.0. The van der Waals surface area contributed by atoms with Gasteiger partial charge in [0.2, 0.25) is 0 Å². The van der Waals surface area contributed by atoms with E-state index < -0.39 is 23.6 Å². The van der Waals surface area contributed by atoms with Crippen LogP contribution in [0.5, 0.6) is 6.01 Å². The van der Waals surface area contributed by atoms with E-state index in [4.69, 9.17) is 31.0 Å². The summed E-state index contributed by atoms with van der Waals surface area (Å²) in [7, 11) is 0. The molecule has 2 N–H and O–H groups in total. The first-order chi connectivity index (χ1) is 22.4. The summed E-state index contributed by atoms with van der Waals surface area (Å²) in [6.07, 6.45) is 7.50. The average molecular weight is 654 g/mol. The lowest BCUT2D eigenvalue weighted by atomic mass is 9.93. The number of aliphatic hydroxyl groups excluding tert-OH is 1. The molecule has 46 heavy (non-hydrogen) atoms. The molecule has 0 aliphatic carbocycles. The highest BCUT2D eigenvalue weighted by molar-refractivity contribution is 6.33. The SMILES string of the molecule is O[C@H]1CCCCc2c(Cl)cc3[nH]ncc3c2-c2ncc3c(nc(OC[C@@]45CCCN4C[C@H](F)C5)nc3c2F)N2CCOC[C@H](C1)C2. The molecular formula is C33H38ClF2N7O3. The molecule has 6 bridgehead atoms. The van der Waals surface area contributed by atoms with Crippen molar-refractivity contribution in [2.24, 2.45) is 5.92 Å². The molecule has 3 saturated heterocycles. The third-order valence-corrected chi connectivity index (χ3v) is 10.7. The first-order valence-electron chi connectivity index (χ1n) is 16.4. The number of aromatic amines is 1. The second kappa shape index (κ2) is 12.1. The number of rotatable bonds is 3. The average Bonchev–Trinajstić information content (AvgIpc) is 3.68. The lowest BCUT2D eigenvalue weighted by Gasteiger charge is -2.31. The minimum Gasteiger partial charge on any atom is -0.461 e. The summed E-state index contributed by atoms with van der Waals surface area (Å²) >= 11 is 6.83. The van der Waals surface area contributed by atoms with Crippen molar-refractivity contribution in [2.45, 2.75) is 69.2 Å². The molecule has 0 saturated carbocycles. The van der Waals surface area contributed by atoms with Crippen molar-refractivity contribution in [3.8, 4) is 17.3 Å². The molecule has 0 spiro atoms. The van der Waals surface area contributed by atoms with E-state index in [1.807, 2.05) is 6.07 Å². The molecule has 8 heterocycles. The van der Waals surface area contributed by atoms with E-state index in [1.165, 1.54) is 0 Å². The molecule has 1 aromatic carbocycles. The number of halogens is 3. The Morgan fingerprint density at radius 2 is 2.07 bits per heavy atom. The van der Waals surface area contributed by atoms with Crippen molar-refractivity contribution in [3.63, 3.8) is 0 Å². The van der Waals surface area contributed by atoms with E-state index >= 15 is 4.39 Å². The van der Waals surface area contributed by atoms with Gasteiger partial charge in [0.15, 0.2) is 5.82 Å². The first-order valence-corrected chi connectivity index (χ1v) is 16.8. The summed E-state index contributed by atoms with van der Waals surface area (Å²) in [6, 6.07) is 1.86. The zero-order valence-electron chi connectivity index (χ0n) is 25.7. The molecule has 9 rings (SSSR count). The fourth-order valence-corrected chi connectivity index (χ4v) is 8.46. The molecule has 0 radical (unpaired) electrons. The highest BCUT2D eigenvalue weighted by Crippen LogP contribution is 2.42. The van der Waals surface area contributed by atoms with E-state index in [2.05, 4.69) is 25.0 Å². The number of pyridine rings is 1. The van der Waals surface area contributed by atoms with Crippen LogP contribution in [-0.4, -0.2) is 99.0 Å². The summed E-state index contributed by atoms with van der Waals surface area (Å²) in [6.45, 7) is 3.54. The minimum absolute atomic E-state index is 0.0460. The van der Waals surface area contributed by atoms with Gasteiger partial charge in [0.05, 0.1) is 42.0 Å². The van der Waals surface area contributed by atoms with Crippen LogP contribution in [-0.2, 0) is 11.2 Å². The number of aliphatic hydroxyl groups is 1. The normalized spacial score (nSPS) is 27.4. The topological polar surface area (TPSA) is 113 Å². The lowest BCUT2D eigenvalue weighted by molar-refractivity contribution is 0.0817. The van der Waals surface area contributed by atoms with E-state index in [0.29, 0.717) is 91.2 Å². The van der Waals surface area contributed by atoms with Crippen LogP contribution in [0.4, 0.5) is 14.6 Å². The van der Waals surface area contributed by atoms with Gasteiger partial charge in [0.25, 0.3) is 0 Å². The number of nitrogens with one attached hydrogen (secondary N) is 1. The standard InChI is InChI=1S/C33H38ClF2N7O3/c34-25-11-26-23(14-38-41-26)27-22(25)5-2-1-4-21(44)10-19-15-42(8-9-45-17-19)31-24-13-37-30(27)28(36)29(24)39-32(40-31)46-18-33-6-3-7-43(33)16-20(35)12-33/h11,13-14,19-21,44H,1-10,12,15-18H2,(H,38,41)/t19-,20-,21+,33+/m1/s1. The molecule has 10 nitrogen and oxygen atoms in total. The quantitative estimate of drug-likeness (QED) is 0.306. The summed E-state index contributed by atoms with van der Waals surface area (Å²) < 4.78 is 43.8. The Labute approximate surface area is 270 Å². The zero-order valence-corrected chi connectivity index (χ0v) is 26.4. The van der Waals surface area contributed by atoms with Crippen LogP contribution in [0.25, 0.3) is 33.1 Å². The number of ether oxygens (including phenoxy) is 2. The summed E-state index contributed by atoms with van der Waals surface area (Å²) in [5.41, 5.74) is 1.86. The Bertz CT molecular complexity index is 1770. The molecule has 5 aliphatic rings. The van der Waals surface area contributed by atoms with Gasteiger partial charge in [-0.25, -0.2) is 8.78 Å². The predicted molar refractivity (Wildman–Crippen MR) is 171 cm³/mol. The van der Waals surface area contributed by atoms with Crippen molar-refractivity contribution < 1.29 is 23.4 Å². The number of aromatic nitrogens is 5. The van der Waals surface area contributed by atoms with Crippen molar-refractivity contribution in [2.75, 3.05) is 50.9 Å². The van der Waals surface area contributed by atoms with Gasteiger partial charge in [-0.05, 0) is 56.7 Å². The maximum atomic E-state index is 17.0. The Balaban J connectivity index is 1.29. The highest BCUT2D eigenvalue weighted by atomic mass is 35.5. The fraction of sp³-hybridized carbons (Fsp3) is 0.576. The van der Waals surface area contributed by atoms with Crippen molar-refractivity contribution in [3.05, 3.63) is 34.9 Å². The second-order valence-corrected chi connectivity index (χ2v) is 13.8. The van der Waals surface area contributed by atoms with Gasteiger partial charge in [0.1, 0.15) is 29.8 Å². The van der Waals surface area contributed by atoms with Gasteiger partial charge in [-0.1, -0.05) is 18.0 Å². The van der Waals surface area contributed by atoms with Crippen LogP contribution >= 0.6 is 11.6 Å². The van der Waals surface area contributed by atoms with Gasteiger partial charge in [-0.15, -0.1) is 0 Å². The molecule has 0 unspecified atom stereocenters. The Kier molecular flexibility index (Phi) is 7.94. The molecular weight excluding hydrogens is 616 g/mol. The number of nitrogens with zero attached hydrogens (tertiary/aromatic N) is 6. The second-order valence-electron chi connectivity index (χ2n) is 13.4. The minimum atomic E-state index is -0.897. The predicted octanol–water partition coefficient (Wildman–Crippen LogP) is 5.25. The maximum Gasteiger partial charge on any atom is 0.319 e. The molecule has 4 atom stereocenters. The van der Waals surface area contributed by atoms with E-state index in [9.17, 15) is 9.50 Å². The molecule has 3 aromatic heterocycles. The van der Waals surface area contributed by atoms with Crippen LogP contribution in [0, 0.1) is 11.7 Å². The largest absolute Gasteiger partial charge is 0.461 e. The van der Waals surface area contributed by atoms with Gasteiger partial charge in [-0.3, -0.25) is 15.0 Å². The number of fused-ring (bicyclic) bond motifs is 8. The van der Waals surface area contributed by atoms with Gasteiger partial charge in [0, 0.05) is 54.1 Å². The Morgan fingerprint density at radius 3 is 2.98 bits per heavy atom. The molecule has 4 aromatic rings. The smallest absolute Gasteiger partial charge is 0.319 e. The molecule has 5 aliphatic heterocycles. The summed E-state index contributed by atoms with van der Waals surface area (Å²) in [5, 5.41) is 19.9. The summed E-state index contributed by atoms with van der Waals surface area (Å²) in [4.78, 5) is 18.5. The van der Waals surface area contributed by atoms with Crippen LogP contribution in [0.1, 0.15) is 50.5 Å². The first kappa shape index (κ1) is 30.2. The number of alkyl halides is 1. The third-order valence-electron chi connectivity index (χ3n) is 10.4. The van der Waals surface area contributed by atoms with Gasteiger partial charge in [-0.2, -0.15) is 15.1 Å². The monoisotopic (exact) mass is 653 g/mol. The number of hydrogen-bond donors (Lipinski definition) is 2. The van der Waals surface area contributed by atoms with Crippen molar-refractivity contribution in [1.82, 2.24) is 30.0 Å². The Morgan fingerprint density at radius 1 is 1.15 bits per heavy atom. The van der Waals surface area contributed by atoms with E-state index in [0.717, 1.165) is 37.8 Å². The van der Waals surface area contributed by atoms with Crippen LogP contribution in [0.3, 0.4) is 0 Å².